The summed E-state index contributed by atoms with van der Waals surface area (Å²) in [7, 11) is 1.55. The second-order valence-corrected chi connectivity index (χ2v) is 5.51. The molecule has 24 heavy (non-hydrogen) atoms. The number of amides is 1. The number of hydrogen-bond donors (Lipinski definition) is 1. The molecule has 3 aromatic carbocycles. The van der Waals surface area contributed by atoms with Gasteiger partial charge >= 0.3 is 0 Å². The van der Waals surface area contributed by atoms with Crippen molar-refractivity contribution in [3.63, 3.8) is 0 Å². The summed E-state index contributed by atoms with van der Waals surface area (Å²) in [6.07, 6.45) is 1.62. The molecule has 0 atom stereocenters. The second-order valence-electron chi connectivity index (χ2n) is 5.51. The SMILES string of the molecule is COc1cc2ccccc2cc1C(=O)N/N=C\c1ccc(C)cc1. The number of carbonyl (C=O) groups is 1. The van der Waals surface area contributed by atoms with E-state index in [9.17, 15) is 4.79 Å². The summed E-state index contributed by atoms with van der Waals surface area (Å²) < 4.78 is 5.34. The number of nitrogens with one attached hydrogen (secondary N) is 1. The number of methoxy groups -OCH3 is 1. The van der Waals surface area contributed by atoms with Crippen LogP contribution in [0.1, 0.15) is 21.5 Å². The van der Waals surface area contributed by atoms with Gasteiger partial charge in [-0.25, -0.2) is 5.43 Å². The van der Waals surface area contributed by atoms with Crippen molar-refractivity contribution in [3.05, 3.63) is 77.4 Å². The van der Waals surface area contributed by atoms with Crippen LogP contribution in [-0.4, -0.2) is 19.2 Å². The van der Waals surface area contributed by atoms with E-state index >= 15 is 0 Å². The number of hydrogen-bond acceptors (Lipinski definition) is 3. The van der Waals surface area contributed by atoms with Crippen molar-refractivity contribution in [2.45, 2.75) is 6.92 Å². The maximum absolute atomic E-state index is 12.4. The van der Waals surface area contributed by atoms with Crippen LogP contribution in [0.25, 0.3) is 10.8 Å². The highest BCUT2D eigenvalue weighted by Gasteiger charge is 2.13. The third-order valence-corrected chi connectivity index (χ3v) is 3.77. The lowest BCUT2D eigenvalue weighted by atomic mass is 10.1. The summed E-state index contributed by atoms with van der Waals surface area (Å²) in [6, 6.07) is 19.4. The molecule has 1 amide bonds. The molecular weight excluding hydrogens is 300 g/mol. The molecule has 0 aliphatic carbocycles. The van der Waals surface area contributed by atoms with Crippen molar-refractivity contribution >= 4 is 22.9 Å². The maximum Gasteiger partial charge on any atom is 0.275 e. The van der Waals surface area contributed by atoms with Gasteiger partial charge in [-0.15, -0.1) is 0 Å². The van der Waals surface area contributed by atoms with Gasteiger partial charge in [-0.2, -0.15) is 5.10 Å². The Morgan fingerprint density at radius 3 is 2.38 bits per heavy atom. The van der Waals surface area contributed by atoms with Crippen molar-refractivity contribution in [2.24, 2.45) is 5.10 Å². The van der Waals surface area contributed by atoms with Crippen LogP contribution >= 0.6 is 0 Å². The molecule has 3 rings (SSSR count). The van der Waals surface area contributed by atoms with Crippen LogP contribution in [0.4, 0.5) is 0 Å². The van der Waals surface area contributed by atoms with E-state index in [1.54, 1.807) is 13.3 Å². The molecule has 4 nitrogen and oxygen atoms in total. The molecule has 0 radical (unpaired) electrons. The summed E-state index contributed by atoms with van der Waals surface area (Å²) in [4.78, 5) is 12.4. The highest BCUT2D eigenvalue weighted by atomic mass is 16.5. The van der Waals surface area contributed by atoms with Gasteiger partial charge in [0.15, 0.2) is 0 Å². The highest BCUT2D eigenvalue weighted by molar-refractivity contribution is 6.01. The van der Waals surface area contributed by atoms with Crippen molar-refractivity contribution in [1.29, 1.82) is 0 Å². The predicted octanol–water partition coefficient (Wildman–Crippen LogP) is 3.92. The minimum atomic E-state index is -0.305. The zero-order valence-corrected chi connectivity index (χ0v) is 13.6. The molecule has 0 aliphatic rings. The average molecular weight is 318 g/mol. The van der Waals surface area contributed by atoms with Crippen molar-refractivity contribution in [2.75, 3.05) is 7.11 Å². The molecule has 0 saturated heterocycles. The van der Waals surface area contributed by atoms with Gasteiger partial charge in [0.1, 0.15) is 5.75 Å². The minimum Gasteiger partial charge on any atom is -0.496 e. The van der Waals surface area contributed by atoms with E-state index in [0.29, 0.717) is 11.3 Å². The average Bonchev–Trinajstić information content (AvgIpc) is 2.62. The number of aryl methyl sites for hydroxylation is 1. The van der Waals surface area contributed by atoms with E-state index in [2.05, 4.69) is 10.5 Å². The molecule has 0 saturated carbocycles. The summed E-state index contributed by atoms with van der Waals surface area (Å²) in [5, 5.41) is 6.02. The second kappa shape index (κ2) is 6.96. The molecule has 0 fully saturated rings. The topological polar surface area (TPSA) is 50.7 Å². The number of rotatable bonds is 4. The number of benzene rings is 3. The highest BCUT2D eigenvalue weighted by Crippen LogP contribution is 2.25. The Morgan fingerprint density at radius 2 is 1.71 bits per heavy atom. The van der Waals surface area contributed by atoms with Gasteiger partial charge in [0.25, 0.3) is 5.91 Å². The fourth-order valence-corrected chi connectivity index (χ4v) is 2.44. The minimum absolute atomic E-state index is 0.305. The van der Waals surface area contributed by atoms with Gasteiger partial charge in [-0.05, 0) is 35.4 Å². The van der Waals surface area contributed by atoms with Crippen LogP contribution in [0.5, 0.6) is 5.75 Å². The number of carbonyl (C=O) groups excluding carboxylic acids is 1. The van der Waals surface area contributed by atoms with E-state index < -0.39 is 0 Å². The normalized spacial score (nSPS) is 10.9. The smallest absolute Gasteiger partial charge is 0.275 e. The summed E-state index contributed by atoms with van der Waals surface area (Å²) in [6.45, 7) is 2.02. The van der Waals surface area contributed by atoms with Crippen LogP contribution in [0.3, 0.4) is 0 Å². The van der Waals surface area contributed by atoms with E-state index in [0.717, 1.165) is 16.3 Å². The van der Waals surface area contributed by atoms with Crippen LogP contribution in [0.15, 0.2) is 65.8 Å². The largest absolute Gasteiger partial charge is 0.496 e. The zero-order chi connectivity index (χ0) is 16.9. The Labute approximate surface area is 140 Å². The third-order valence-electron chi connectivity index (χ3n) is 3.77. The molecule has 0 heterocycles. The molecule has 0 unspecified atom stereocenters. The fourth-order valence-electron chi connectivity index (χ4n) is 2.44. The summed E-state index contributed by atoms with van der Waals surface area (Å²) in [5.41, 5.74) is 5.11. The summed E-state index contributed by atoms with van der Waals surface area (Å²) in [5.74, 6) is 0.220. The summed E-state index contributed by atoms with van der Waals surface area (Å²) >= 11 is 0. The standard InChI is InChI=1S/C20H18N2O2/c1-14-7-9-15(10-8-14)13-21-22-20(23)18-11-16-5-3-4-6-17(16)12-19(18)24-2/h3-13H,1-2H3,(H,22,23)/b21-13-. The zero-order valence-electron chi connectivity index (χ0n) is 13.6. The van der Waals surface area contributed by atoms with Gasteiger partial charge in [-0.3, -0.25) is 4.79 Å². The van der Waals surface area contributed by atoms with Crippen molar-refractivity contribution in [3.8, 4) is 5.75 Å². The van der Waals surface area contributed by atoms with E-state index in [4.69, 9.17) is 4.74 Å². The van der Waals surface area contributed by atoms with Crippen molar-refractivity contribution < 1.29 is 9.53 Å². The van der Waals surface area contributed by atoms with Gasteiger partial charge in [-0.1, -0.05) is 54.1 Å². The van der Waals surface area contributed by atoms with Crippen LogP contribution in [0, 0.1) is 6.92 Å². The monoisotopic (exact) mass is 318 g/mol. The molecule has 1 N–H and O–H groups in total. The molecule has 4 heteroatoms. The van der Waals surface area contributed by atoms with E-state index in [-0.39, 0.29) is 5.91 Å². The molecule has 0 bridgehead atoms. The van der Waals surface area contributed by atoms with Crippen LogP contribution < -0.4 is 10.2 Å². The first-order valence-corrected chi connectivity index (χ1v) is 7.64. The molecule has 0 aromatic heterocycles. The Balaban J connectivity index is 1.81. The Hall–Kier alpha value is -3.14. The Morgan fingerprint density at radius 1 is 1.04 bits per heavy atom. The van der Waals surface area contributed by atoms with Gasteiger partial charge in [0.2, 0.25) is 0 Å². The van der Waals surface area contributed by atoms with Crippen LogP contribution in [-0.2, 0) is 0 Å². The molecule has 0 spiro atoms. The number of nitrogens with zero attached hydrogens (tertiary/aromatic N) is 1. The van der Waals surface area contributed by atoms with Crippen molar-refractivity contribution in [1.82, 2.24) is 5.43 Å². The number of ether oxygens (including phenoxy) is 1. The first-order valence-electron chi connectivity index (χ1n) is 7.64. The van der Waals surface area contributed by atoms with Gasteiger partial charge < -0.3 is 4.74 Å². The first kappa shape index (κ1) is 15.7. The lowest BCUT2D eigenvalue weighted by Crippen LogP contribution is -2.18. The van der Waals surface area contributed by atoms with E-state index in [1.165, 1.54) is 5.56 Å². The molecule has 0 aliphatic heterocycles. The number of fused-ring (bicyclic) bond motifs is 1. The maximum atomic E-state index is 12.4. The van der Waals surface area contributed by atoms with E-state index in [1.807, 2.05) is 67.6 Å². The number of hydrazone groups is 1. The predicted molar refractivity (Wildman–Crippen MR) is 96.7 cm³/mol. The third kappa shape index (κ3) is 3.43. The van der Waals surface area contributed by atoms with Gasteiger partial charge in [0, 0.05) is 0 Å². The lowest BCUT2D eigenvalue weighted by Gasteiger charge is -2.09. The Kier molecular flexibility index (Phi) is 4.57. The Bertz CT molecular complexity index is 899. The van der Waals surface area contributed by atoms with Crippen LogP contribution in [0.2, 0.25) is 0 Å². The first-order chi connectivity index (χ1) is 11.7. The molecule has 120 valence electrons. The quantitative estimate of drug-likeness (QED) is 0.585. The van der Waals surface area contributed by atoms with Gasteiger partial charge in [0.05, 0.1) is 18.9 Å². The lowest BCUT2D eigenvalue weighted by molar-refractivity contribution is 0.0952. The fraction of sp³-hybridized carbons (Fsp3) is 0.100. The molecule has 3 aromatic rings. The molecular formula is C20H18N2O2.